The summed E-state index contributed by atoms with van der Waals surface area (Å²) in [4.78, 5) is 37.4. The molecule has 0 bridgehead atoms. The van der Waals surface area contributed by atoms with Crippen LogP contribution in [0.25, 0.3) is 6.08 Å². The van der Waals surface area contributed by atoms with Crippen LogP contribution in [0.2, 0.25) is 0 Å². The Morgan fingerprint density at radius 2 is 1.78 bits per heavy atom. The molecule has 1 saturated heterocycles. The Bertz CT molecular complexity index is 1370. The van der Waals surface area contributed by atoms with Crippen LogP contribution in [0.1, 0.15) is 22.3 Å². The fourth-order valence-electron chi connectivity index (χ4n) is 3.81. The van der Waals surface area contributed by atoms with E-state index in [4.69, 9.17) is 9.47 Å². The number of thioether (sulfide) groups is 1. The van der Waals surface area contributed by atoms with Crippen LogP contribution in [0.4, 0.5) is 10.5 Å². The highest BCUT2D eigenvalue weighted by Crippen LogP contribution is 2.38. The maximum Gasteiger partial charge on any atom is 0.293 e. The van der Waals surface area contributed by atoms with Crippen molar-refractivity contribution in [1.82, 2.24) is 4.90 Å². The van der Waals surface area contributed by atoms with E-state index in [1.807, 2.05) is 36.4 Å². The number of carbonyl (C=O) groups is 2. The molecule has 1 heterocycles. The number of nitrogens with zero attached hydrogens (tertiary/aromatic N) is 2. The van der Waals surface area contributed by atoms with Crippen molar-refractivity contribution in [1.29, 1.82) is 0 Å². The van der Waals surface area contributed by atoms with Gasteiger partial charge in [-0.15, -0.1) is 6.58 Å². The molecule has 0 spiro atoms. The molecule has 8 nitrogen and oxygen atoms in total. The number of carbonyl (C=O) groups excluding carboxylic acids is 2. The van der Waals surface area contributed by atoms with E-state index in [2.05, 4.69) is 6.58 Å². The van der Waals surface area contributed by atoms with Gasteiger partial charge in [-0.25, -0.2) is 0 Å². The minimum Gasteiger partial charge on any atom is -0.493 e. The molecule has 188 valence electrons. The summed E-state index contributed by atoms with van der Waals surface area (Å²) in [6.45, 7) is 4.22. The highest BCUT2D eigenvalue weighted by Gasteiger charge is 2.35. The molecule has 4 rings (SSSR count). The number of rotatable bonds is 10. The Kier molecular flexibility index (Phi) is 8.05. The van der Waals surface area contributed by atoms with Crippen LogP contribution in [0, 0.1) is 10.1 Å². The molecule has 9 heteroatoms. The highest BCUT2D eigenvalue weighted by molar-refractivity contribution is 8.18. The van der Waals surface area contributed by atoms with Gasteiger partial charge < -0.3 is 9.47 Å². The van der Waals surface area contributed by atoms with E-state index in [0.29, 0.717) is 35.7 Å². The molecule has 3 aromatic rings. The van der Waals surface area contributed by atoms with Crippen LogP contribution in [0.5, 0.6) is 11.5 Å². The first-order valence-electron chi connectivity index (χ1n) is 11.4. The molecule has 0 unspecified atom stereocenters. The lowest BCUT2D eigenvalue weighted by Crippen LogP contribution is -2.27. The average Bonchev–Trinajstić information content (AvgIpc) is 3.16. The topological polar surface area (TPSA) is 99.0 Å². The monoisotopic (exact) mass is 516 g/mol. The molecular formula is C28H24N2O6S. The summed E-state index contributed by atoms with van der Waals surface area (Å²) in [5.74, 6) is 0.670. The van der Waals surface area contributed by atoms with Gasteiger partial charge in [0.1, 0.15) is 6.61 Å². The SMILES string of the molecule is C=CCc1cc(/C=C2\SC(=O)N(Cc3ccc([N+](=O)[O-])cc3)C2=O)cc(OC)c1OCc1ccccc1. The normalized spacial score (nSPS) is 14.2. The third-order valence-corrected chi connectivity index (χ3v) is 6.53. The van der Waals surface area contributed by atoms with Gasteiger partial charge in [0.2, 0.25) is 0 Å². The molecule has 1 fully saturated rings. The van der Waals surface area contributed by atoms with E-state index >= 15 is 0 Å². The zero-order valence-corrected chi connectivity index (χ0v) is 20.9. The van der Waals surface area contributed by atoms with Crippen molar-refractivity contribution in [2.24, 2.45) is 0 Å². The number of hydrogen-bond donors (Lipinski definition) is 0. The maximum absolute atomic E-state index is 13.0. The molecular weight excluding hydrogens is 492 g/mol. The van der Waals surface area contributed by atoms with Gasteiger partial charge in [0.05, 0.1) is 23.5 Å². The zero-order valence-electron chi connectivity index (χ0n) is 20.1. The molecule has 0 aromatic heterocycles. The van der Waals surface area contributed by atoms with Crippen LogP contribution in [-0.4, -0.2) is 28.1 Å². The third kappa shape index (κ3) is 6.07. The zero-order chi connectivity index (χ0) is 26.4. The number of amides is 2. The van der Waals surface area contributed by atoms with Crippen LogP contribution >= 0.6 is 11.8 Å². The highest BCUT2D eigenvalue weighted by atomic mass is 32.2. The predicted octanol–water partition coefficient (Wildman–Crippen LogP) is 6.15. The summed E-state index contributed by atoms with van der Waals surface area (Å²) in [5.41, 5.74) is 3.09. The maximum atomic E-state index is 13.0. The van der Waals surface area contributed by atoms with Crippen molar-refractivity contribution < 1.29 is 24.0 Å². The van der Waals surface area contributed by atoms with Crippen molar-refractivity contribution in [2.75, 3.05) is 7.11 Å². The molecule has 0 aliphatic carbocycles. The summed E-state index contributed by atoms with van der Waals surface area (Å²) in [6.07, 6.45) is 3.92. The second-order valence-corrected chi connectivity index (χ2v) is 9.16. The third-order valence-electron chi connectivity index (χ3n) is 5.62. The fourth-order valence-corrected chi connectivity index (χ4v) is 4.65. The van der Waals surface area contributed by atoms with Gasteiger partial charge in [-0.05, 0) is 53.1 Å². The van der Waals surface area contributed by atoms with Gasteiger partial charge in [-0.1, -0.05) is 48.5 Å². The van der Waals surface area contributed by atoms with Crippen molar-refractivity contribution in [3.8, 4) is 11.5 Å². The number of ether oxygens (including phenoxy) is 2. The number of nitro benzene ring substituents is 1. The van der Waals surface area contributed by atoms with Crippen molar-refractivity contribution in [2.45, 2.75) is 19.6 Å². The van der Waals surface area contributed by atoms with Crippen molar-refractivity contribution in [3.63, 3.8) is 0 Å². The van der Waals surface area contributed by atoms with E-state index in [1.54, 1.807) is 25.3 Å². The van der Waals surface area contributed by atoms with Gasteiger partial charge in [-0.3, -0.25) is 24.6 Å². The second-order valence-electron chi connectivity index (χ2n) is 8.17. The standard InChI is InChI=1S/C28H24N2O6S/c1-3-7-22-14-21(15-24(35-2)26(22)36-18-20-8-5-4-6-9-20)16-25-27(31)29(28(32)37-25)17-19-10-12-23(13-11-19)30(33)34/h3-6,8-16H,1,7,17-18H2,2H3/b25-16-. The molecule has 1 aliphatic rings. The van der Waals surface area contributed by atoms with Gasteiger partial charge in [0, 0.05) is 17.7 Å². The van der Waals surface area contributed by atoms with Gasteiger partial charge in [-0.2, -0.15) is 0 Å². The quantitative estimate of drug-likeness (QED) is 0.138. The first kappa shape index (κ1) is 25.7. The molecule has 1 aliphatic heterocycles. The number of imide groups is 1. The summed E-state index contributed by atoms with van der Waals surface area (Å²) >= 11 is 0.846. The first-order chi connectivity index (χ1) is 17.9. The van der Waals surface area contributed by atoms with Crippen LogP contribution < -0.4 is 9.47 Å². The van der Waals surface area contributed by atoms with Gasteiger partial charge in [0.15, 0.2) is 11.5 Å². The minimum atomic E-state index is -0.500. The number of methoxy groups -OCH3 is 1. The first-order valence-corrected chi connectivity index (χ1v) is 12.2. The van der Waals surface area contributed by atoms with E-state index in [0.717, 1.165) is 27.8 Å². The summed E-state index contributed by atoms with van der Waals surface area (Å²) in [6, 6.07) is 19.2. The number of non-ortho nitro benzene ring substituents is 1. The van der Waals surface area contributed by atoms with E-state index < -0.39 is 16.1 Å². The molecule has 0 N–H and O–H groups in total. The Labute approximate surface area is 218 Å². The molecule has 0 saturated carbocycles. The predicted molar refractivity (Wildman–Crippen MR) is 142 cm³/mol. The second kappa shape index (κ2) is 11.6. The lowest BCUT2D eigenvalue weighted by Gasteiger charge is -2.16. The minimum absolute atomic E-state index is 0.0251. The van der Waals surface area contributed by atoms with Crippen molar-refractivity contribution >= 4 is 34.7 Å². The molecule has 37 heavy (non-hydrogen) atoms. The van der Waals surface area contributed by atoms with Gasteiger partial charge >= 0.3 is 0 Å². The largest absolute Gasteiger partial charge is 0.493 e. The number of hydrogen-bond acceptors (Lipinski definition) is 7. The summed E-state index contributed by atoms with van der Waals surface area (Å²) in [7, 11) is 1.55. The fraction of sp³-hybridized carbons (Fsp3) is 0.143. The molecule has 0 atom stereocenters. The van der Waals surface area contributed by atoms with E-state index in [1.165, 1.54) is 24.3 Å². The van der Waals surface area contributed by atoms with E-state index in [-0.39, 0.29) is 17.1 Å². The lowest BCUT2D eigenvalue weighted by molar-refractivity contribution is -0.384. The Hall–Kier alpha value is -4.37. The van der Waals surface area contributed by atoms with Crippen LogP contribution in [-0.2, 0) is 24.4 Å². The van der Waals surface area contributed by atoms with E-state index in [9.17, 15) is 19.7 Å². The molecule has 3 aromatic carbocycles. The molecule has 2 amide bonds. The Balaban J connectivity index is 1.57. The van der Waals surface area contributed by atoms with Crippen LogP contribution in [0.3, 0.4) is 0 Å². The van der Waals surface area contributed by atoms with Crippen LogP contribution in [0.15, 0.2) is 84.3 Å². The summed E-state index contributed by atoms with van der Waals surface area (Å²) in [5, 5.41) is 10.5. The van der Waals surface area contributed by atoms with Crippen molar-refractivity contribution in [3.05, 3.63) is 117 Å². The van der Waals surface area contributed by atoms with Gasteiger partial charge in [0.25, 0.3) is 16.8 Å². The summed E-state index contributed by atoms with van der Waals surface area (Å²) < 4.78 is 11.7. The number of benzene rings is 3. The Morgan fingerprint density at radius 1 is 1.05 bits per heavy atom. The number of nitro groups is 1. The Morgan fingerprint density at radius 3 is 2.43 bits per heavy atom. The molecule has 0 radical (unpaired) electrons. The average molecular weight is 517 g/mol. The number of allylic oxidation sites excluding steroid dienone is 1. The smallest absolute Gasteiger partial charge is 0.293 e. The lowest BCUT2D eigenvalue weighted by atomic mass is 10.0.